The van der Waals surface area contributed by atoms with Crippen LogP contribution in [-0.2, 0) is 14.3 Å². The Morgan fingerprint density at radius 2 is 2.05 bits per heavy atom. The second-order valence-electron chi connectivity index (χ2n) is 4.01. The van der Waals surface area contributed by atoms with E-state index in [1.165, 1.54) is 11.0 Å². The molecule has 0 aliphatic heterocycles. The van der Waals surface area contributed by atoms with E-state index in [1.54, 1.807) is 33.3 Å². The molecule has 0 radical (unpaired) electrons. The minimum absolute atomic E-state index is 0.256. The van der Waals surface area contributed by atoms with E-state index >= 15 is 0 Å². The Bertz CT molecular complexity index is 480. The van der Waals surface area contributed by atoms with Crippen molar-refractivity contribution in [3.05, 3.63) is 35.9 Å². The number of rotatable bonds is 5. The third kappa shape index (κ3) is 5.25. The molecule has 5 heteroatoms. The van der Waals surface area contributed by atoms with Gasteiger partial charge < -0.3 is 14.4 Å². The van der Waals surface area contributed by atoms with Crippen molar-refractivity contribution in [1.82, 2.24) is 4.90 Å². The molecule has 1 rings (SSSR count). The zero-order valence-electron chi connectivity index (χ0n) is 11.3. The lowest BCUT2D eigenvalue weighted by Crippen LogP contribution is -2.27. The summed E-state index contributed by atoms with van der Waals surface area (Å²) >= 11 is 0. The predicted octanol–water partition coefficient (Wildman–Crippen LogP) is 1.34. The molecule has 0 aromatic heterocycles. The van der Waals surface area contributed by atoms with Crippen molar-refractivity contribution in [1.29, 1.82) is 0 Å². The molecule has 0 atom stereocenters. The first kappa shape index (κ1) is 14.8. The van der Waals surface area contributed by atoms with Crippen molar-refractivity contribution in [3.63, 3.8) is 0 Å². The molecular weight excluding hydrogens is 246 g/mol. The molecule has 0 saturated heterocycles. The second kappa shape index (κ2) is 7.20. The molecule has 1 amide bonds. The van der Waals surface area contributed by atoms with Crippen molar-refractivity contribution in [3.8, 4) is 5.75 Å². The molecule has 0 unspecified atom stereocenters. The minimum Gasteiger partial charge on any atom is -0.497 e. The maximum absolute atomic E-state index is 11.4. The van der Waals surface area contributed by atoms with Crippen LogP contribution in [0.3, 0.4) is 0 Å². The molecule has 1 aromatic rings. The quantitative estimate of drug-likeness (QED) is 0.594. The van der Waals surface area contributed by atoms with Gasteiger partial charge in [0.15, 0.2) is 6.61 Å². The Hall–Kier alpha value is -2.30. The van der Waals surface area contributed by atoms with Gasteiger partial charge >= 0.3 is 5.97 Å². The first-order valence-electron chi connectivity index (χ1n) is 5.72. The molecular formula is C14H17NO4. The van der Waals surface area contributed by atoms with Crippen LogP contribution in [-0.4, -0.2) is 44.6 Å². The van der Waals surface area contributed by atoms with Gasteiger partial charge in [0.1, 0.15) is 5.75 Å². The number of amides is 1. The van der Waals surface area contributed by atoms with E-state index in [1.807, 2.05) is 18.2 Å². The lowest BCUT2D eigenvalue weighted by atomic mass is 10.2. The van der Waals surface area contributed by atoms with E-state index in [-0.39, 0.29) is 12.5 Å². The number of likely N-dealkylation sites (N-methyl/N-ethyl adjacent to an activating group) is 1. The van der Waals surface area contributed by atoms with Crippen LogP contribution in [0.4, 0.5) is 0 Å². The molecule has 0 saturated carbocycles. The number of carbonyl (C=O) groups is 2. The summed E-state index contributed by atoms with van der Waals surface area (Å²) in [6.07, 6.45) is 2.88. The second-order valence-corrected chi connectivity index (χ2v) is 4.01. The summed E-state index contributed by atoms with van der Waals surface area (Å²) in [4.78, 5) is 24.0. The molecule has 1 aromatic carbocycles. The fraction of sp³-hybridized carbons (Fsp3) is 0.286. The van der Waals surface area contributed by atoms with Gasteiger partial charge in [0.05, 0.1) is 7.11 Å². The Balaban J connectivity index is 2.51. The summed E-state index contributed by atoms with van der Waals surface area (Å²) in [5.74, 6) is -0.112. The first-order valence-corrected chi connectivity index (χ1v) is 5.72. The fourth-order valence-corrected chi connectivity index (χ4v) is 1.22. The summed E-state index contributed by atoms with van der Waals surface area (Å²) in [5, 5.41) is 0. The molecule has 0 bridgehead atoms. The molecule has 19 heavy (non-hydrogen) atoms. The van der Waals surface area contributed by atoms with Crippen molar-refractivity contribution in [2.75, 3.05) is 27.8 Å². The van der Waals surface area contributed by atoms with Gasteiger partial charge in [-0.05, 0) is 23.8 Å². The number of esters is 1. The summed E-state index contributed by atoms with van der Waals surface area (Å²) < 4.78 is 9.86. The number of nitrogens with zero attached hydrogens (tertiary/aromatic N) is 1. The van der Waals surface area contributed by atoms with Crippen LogP contribution in [0.15, 0.2) is 30.3 Å². The predicted molar refractivity (Wildman–Crippen MR) is 71.7 cm³/mol. The highest BCUT2D eigenvalue weighted by Gasteiger charge is 2.06. The Morgan fingerprint density at radius 1 is 1.32 bits per heavy atom. The van der Waals surface area contributed by atoms with E-state index in [0.29, 0.717) is 5.75 Å². The van der Waals surface area contributed by atoms with Crippen molar-refractivity contribution in [2.24, 2.45) is 0 Å². The van der Waals surface area contributed by atoms with E-state index in [4.69, 9.17) is 9.47 Å². The molecule has 0 aliphatic carbocycles. The maximum atomic E-state index is 11.4. The highest BCUT2D eigenvalue weighted by Crippen LogP contribution is 2.13. The Kier molecular flexibility index (Phi) is 5.60. The fourth-order valence-electron chi connectivity index (χ4n) is 1.22. The van der Waals surface area contributed by atoms with Gasteiger partial charge in [-0.3, -0.25) is 4.79 Å². The zero-order valence-corrected chi connectivity index (χ0v) is 11.3. The van der Waals surface area contributed by atoms with Crippen LogP contribution in [0.5, 0.6) is 5.75 Å². The van der Waals surface area contributed by atoms with E-state index < -0.39 is 5.97 Å². The van der Waals surface area contributed by atoms with E-state index in [9.17, 15) is 9.59 Å². The van der Waals surface area contributed by atoms with Crippen molar-refractivity contribution in [2.45, 2.75) is 0 Å². The first-order chi connectivity index (χ1) is 9.02. The number of ether oxygens (including phenoxy) is 2. The van der Waals surface area contributed by atoms with E-state index in [0.717, 1.165) is 5.56 Å². The monoisotopic (exact) mass is 263 g/mol. The minimum atomic E-state index is -0.557. The average molecular weight is 263 g/mol. The normalized spacial score (nSPS) is 10.3. The largest absolute Gasteiger partial charge is 0.497 e. The number of hydrogen-bond donors (Lipinski definition) is 0. The SMILES string of the molecule is COc1cccc(/C=C/C(=O)OCC(=O)N(C)C)c1. The van der Waals surface area contributed by atoms with Crippen molar-refractivity contribution < 1.29 is 19.1 Å². The van der Waals surface area contributed by atoms with E-state index in [2.05, 4.69) is 0 Å². The summed E-state index contributed by atoms with van der Waals surface area (Å²) in [5.41, 5.74) is 0.815. The number of methoxy groups -OCH3 is 1. The van der Waals surface area contributed by atoms with Gasteiger partial charge in [-0.25, -0.2) is 4.79 Å². The van der Waals surface area contributed by atoms with Crippen LogP contribution in [0, 0.1) is 0 Å². The number of hydrogen-bond acceptors (Lipinski definition) is 4. The highest BCUT2D eigenvalue weighted by molar-refractivity contribution is 5.89. The third-order valence-corrected chi connectivity index (χ3v) is 2.34. The van der Waals surface area contributed by atoms with Gasteiger partial charge in [0.2, 0.25) is 0 Å². The third-order valence-electron chi connectivity index (χ3n) is 2.34. The molecule has 0 aliphatic rings. The molecule has 0 spiro atoms. The molecule has 5 nitrogen and oxygen atoms in total. The van der Waals surface area contributed by atoms with Gasteiger partial charge in [0, 0.05) is 20.2 Å². The van der Waals surface area contributed by atoms with Crippen LogP contribution in [0.25, 0.3) is 6.08 Å². The van der Waals surface area contributed by atoms with Crippen LogP contribution in [0.2, 0.25) is 0 Å². The van der Waals surface area contributed by atoms with Crippen LogP contribution >= 0.6 is 0 Å². The molecule has 0 N–H and O–H groups in total. The highest BCUT2D eigenvalue weighted by atomic mass is 16.5. The summed E-state index contributed by atoms with van der Waals surface area (Å²) in [6.45, 7) is -0.256. The number of carbonyl (C=O) groups excluding carboxylic acids is 2. The molecule has 0 fully saturated rings. The summed E-state index contributed by atoms with van der Waals surface area (Å²) in [7, 11) is 4.77. The zero-order chi connectivity index (χ0) is 14.3. The van der Waals surface area contributed by atoms with Crippen molar-refractivity contribution >= 4 is 18.0 Å². The lowest BCUT2D eigenvalue weighted by Gasteiger charge is -2.09. The Labute approximate surface area is 112 Å². The molecule has 102 valence electrons. The van der Waals surface area contributed by atoms with Crippen LogP contribution < -0.4 is 4.74 Å². The molecule has 0 heterocycles. The van der Waals surface area contributed by atoms with Gasteiger partial charge in [-0.15, -0.1) is 0 Å². The smallest absolute Gasteiger partial charge is 0.331 e. The standard InChI is InChI=1S/C14H17NO4/c1-15(2)13(16)10-19-14(17)8-7-11-5-4-6-12(9-11)18-3/h4-9H,10H2,1-3H3/b8-7+. The lowest BCUT2D eigenvalue weighted by molar-refractivity contribution is -0.146. The summed E-state index contributed by atoms with van der Waals surface area (Å²) in [6, 6.07) is 7.25. The number of benzene rings is 1. The van der Waals surface area contributed by atoms with Gasteiger partial charge in [0.25, 0.3) is 5.91 Å². The van der Waals surface area contributed by atoms with Gasteiger partial charge in [-0.2, -0.15) is 0 Å². The topological polar surface area (TPSA) is 55.8 Å². The average Bonchev–Trinajstić information content (AvgIpc) is 2.42. The van der Waals surface area contributed by atoms with Crippen LogP contribution in [0.1, 0.15) is 5.56 Å². The Morgan fingerprint density at radius 3 is 2.68 bits per heavy atom. The maximum Gasteiger partial charge on any atom is 0.331 e. The van der Waals surface area contributed by atoms with Gasteiger partial charge in [-0.1, -0.05) is 12.1 Å².